The van der Waals surface area contributed by atoms with E-state index in [0.717, 1.165) is 31.3 Å². The monoisotopic (exact) mass is 242 g/mol. The first kappa shape index (κ1) is 15.7. The van der Waals surface area contributed by atoms with Crippen LogP contribution in [0.4, 0.5) is 0 Å². The van der Waals surface area contributed by atoms with Crippen molar-refractivity contribution < 1.29 is 19.1 Å². The van der Waals surface area contributed by atoms with Crippen LogP contribution in [-0.4, -0.2) is 26.2 Å². The summed E-state index contributed by atoms with van der Waals surface area (Å²) in [5.74, 6) is -0.355. The Morgan fingerprint density at radius 3 is 1.94 bits per heavy atom. The second-order valence-electron chi connectivity index (χ2n) is 3.96. The number of rotatable bonds is 9. The van der Waals surface area contributed by atoms with E-state index >= 15 is 0 Å². The van der Waals surface area contributed by atoms with Crippen LogP contribution in [0.1, 0.15) is 44.9 Å². The minimum Gasteiger partial charge on any atom is -0.469 e. The molecule has 98 valence electrons. The molecule has 4 nitrogen and oxygen atoms in total. The number of hydrogen-bond acceptors (Lipinski definition) is 4. The Bertz CT molecular complexity index is 258. The molecular weight excluding hydrogens is 220 g/mol. The Hall–Kier alpha value is -1.32. The van der Waals surface area contributed by atoms with Crippen LogP contribution in [0.2, 0.25) is 0 Å². The van der Waals surface area contributed by atoms with E-state index in [1.807, 2.05) is 0 Å². The highest BCUT2D eigenvalue weighted by Crippen LogP contribution is 2.13. The highest BCUT2D eigenvalue weighted by atomic mass is 16.5. The van der Waals surface area contributed by atoms with Gasteiger partial charge in [-0.05, 0) is 25.7 Å². The van der Waals surface area contributed by atoms with Gasteiger partial charge in [-0.2, -0.15) is 0 Å². The zero-order chi connectivity index (χ0) is 13.1. The molecule has 4 heteroatoms. The summed E-state index contributed by atoms with van der Waals surface area (Å²) in [7, 11) is 2.79. The van der Waals surface area contributed by atoms with E-state index < -0.39 is 0 Å². The van der Waals surface area contributed by atoms with E-state index in [-0.39, 0.29) is 11.9 Å². The predicted molar refractivity (Wildman–Crippen MR) is 65.5 cm³/mol. The summed E-state index contributed by atoms with van der Waals surface area (Å²) >= 11 is 0. The first-order valence-electron chi connectivity index (χ1n) is 5.90. The number of hydrogen-bond donors (Lipinski definition) is 0. The minimum atomic E-state index is -0.197. The highest BCUT2D eigenvalue weighted by molar-refractivity contribution is 5.69. The fraction of sp³-hybridized carbons (Fsp3) is 0.692. The molecule has 0 radical (unpaired) electrons. The lowest BCUT2D eigenvalue weighted by molar-refractivity contribution is -0.141. The average Bonchev–Trinajstić information content (AvgIpc) is 2.34. The van der Waals surface area contributed by atoms with Crippen LogP contribution in [-0.2, 0) is 19.1 Å². The van der Waals surface area contributed by atoms with Gasteiger partial charge in [0.1, 0.15) is 0 Å². The third-order valence-corrected chi connectivity index (χ3v) is 2.55. The van der Waals surface area contributed by atoms with Crippen molar-refractivity contribution in [1.82, 2.24) is 0 Å². The van der Waals surface area contributed by atoms with Crippen LogP contribution >= 0.6 is 0 Å². The quantitative estimate of drug-likeness (QED) is 0.354. The number of esters is 2. The molecule has 0 rings (SSSR count). The van der Waals surface area contributed by atoms with Gasteiger partial charge >= 0.3 is 11.9 Å². The number of unbranched alkanes of at least 4 members (excludes halogenated alkanes) is 2. The highest BCUT2D eigenvalue weighted by Gasteiger charge is 2.03. The zero-order valence-corrected chi connectivity index (χ0v) is 10.8. The third kappa shape index (κ3) is 9.60. The molecule has 0 aromatic heterocycles. The Balaban J connectivity index is 3.39. The average molecular weight is 242 g/mol. The summed E-state index contributed by atoms with van der Waals surface area (Å²) < 4.78 is 9.10. The molecule has 17 heavy (non-hydrogen) atoms. The Kier molecular flexibility index (Phi) is 9.11. The Morgan fingerprint density at radius 1 is 0.824 bits per heavy atom. The molecule has 0 saturated heterocycles. The van der Waals surface area contributed by atoms with Crippen LogP contribution in [0.3, 0.4) is 0 Å². The maximum atomic E-state index is 10.9. The van der Waals surface area contributed by atoms with Gasteiger partial charge in [0, 0.05) is 12.8 Å². The van der Waals surface area contributed by atoms with Crippen LogP contribution in [0.5, 0.6) is 0 Å². The van der Waals surface area contributed by atoms with Gasteiger partial charge in [0.25, 0.3) is 0 Å². The number of allylic oxidation sites excluding steroid dienone is 1. The molecule has 0 fully saturated rings. The Morgan fingerprint density at radius 2 is 1.35 bits per heavy atom. The van der Waals surface area contributed by atoms with Crippen molar-refractivity contribution >= 4 is 11.9 Å². The van der Waals surface area contributed by atoms with Crippen molar-refractivity contribution in [2.45, 2.75) is 44.9 Å². The van der Waals surface area contributed by atoms with Crippen LogP contribution in [0.25, 0.3) is 0 Å². The van der Waals surface area contributed by atoms with E-state index in [1.165, 1.54) is 14.2 Å². The largest absolute Gasteiger partial charge is 0.469 e. The van der Waals surface area contributed by atoms with Gasteiger partial charge in [0.2, 0.25) is 0 Å². The summed E-state index contributed by atoms with van der Waals surface area (Å²) in [5, 5.41) is 0. The molecule has 0 atom stereocenters. The third-order valence-electron chi connectivity index (χ3n) is 2.55. The summed E-state index contributed by atoms with van der Waals surface area (Å²) in [5.41, 5.74) is 1.06. The molecule has 0 amide bonds. The van der Waals surface area contributed by atoms with E-state index in [1.54, 1.807) is 0 Å². The predicted octanol–water partition coefficient (Wildman–Crippen LogP) is 2.62. The van der Waals surface area contributed by atoms with Crippen LogP contribution < -0.4 is 0 Å². The summed E-state index contributed by atoms with van der Waals surface area (Å²) in [6.07, 6.45) is 5.28. The van der Waals surface area contributed by atoms with Crippen molar-refractivity contribution in [2.24, 2.45) is 0 Å². The normalized spacial score (nSPS) is 9.76. The van der Waals surface area contributed by atoms with Crippen molar-refractivity contribution in [3.63, 3.8) is 0 Å². The fourth-order valence-corrected chi connectivity index (χ4v) is 1.43. The van der Waals surface area contributed by atoms with Gasteiger partial charge in [0.15, 0.2) is 0 Å². The topological polar surface area (TPSA) is 52.6 Å². The van der Waals surface area contributed by atoms with E-state index in [2.05, 4.69) is 16.1 Å². The molecule has 0 aliphatic carbocycles. The standard InChI is InChI=1S/C13H22O4/c1-11(9-10-13(15)17-3)7-5-4-6-8-12(14)16-2/h1,4-10H2,2-3H3. The molecule has 0 aliphatic heterocycles. The smallest absolute Gasteiger partial charge is 0.305 e. The summed E-state index contributed by atoms with van der Waals surface area (Å²) in [6, 6.07) is 0. The van der Waals surface area contributed by atoms with Gasteiger partial charge in [-0.1, -0.05) is 18.6 Å². The van der Waals surface area contributed by atoms with Gasteiger partial charge in [-0.15, -0.1) is 0 Å². The molecule has 0 unspecified atom stereocenters. The van der Waals surface area contributed by atoms with Crippen LogP contribution in [0.15, 0.2) is 12.2 Å². The van der Waals surface area contributed by atoms with Crippen molar-refractivity contribution in [3.05, 3.63) is 12.2 Å². The molecular formula is C13H22O4. The Labute approximate surface area is 103 Å². The number of carbonyl (C=O) groups excluding carboxylic acids is 2. The maximum absolute atomic E-state index is 10.9. The zero-order valence-electron chi connectivity index (χ0n) is 10.8. The summed E-state index contributed by atoms with van der Waals surface area (Å²) in [6.45, 7) is 3.91. The molecule has 0 spiro atoms. The molecule has 0 aromatic carbocycles. The first-order chi connectivity index (χ1) is 8.10. The summed E-state index contributed by atoms with van der Waals surface area (Å²) in [4.78, 5) is 21.7. The molecule has 0 heterocycles. The first-order valence-corrected chi connectivity index (χ1v) is 5.90. The second kappa shape index (κ2) is 9.87. The maximum Gasteiger partial charge on any atom is 0.305 e. The lowest BCUT2D eigenvalue weighted by atomic mass is 10.0. The lowest BCUT2D eigenvalue weighted by Crippen LogP contribution is -2.00. The van der Waals surface area contributed by atoms with Gasteiger partial charge in [0.05, 0.1) is 14.2 Å². The number of carbonyl (C=O) groups is 2. The molecule has 0 N–H and O–H groups in total. The lowest BCUT2D eigenvalue weighted by Gasteiger charge is -2.04. The number of ether oxygens (including phenoxy) is 2. The van der Waals surface area contributed by atoms with Crippen molar-refractivity contribution in [1.29, 1.82) is 0 Å². The minimum absolute atomic E-state index is 0.158. The molecule has 0 aromatic rings. The van der Waals surface area contributed by atoms with Gasteiger partial charge in [-0.25, -0.2) is 0 Å². The van der Waals surface area contributed by atoms with Crippen molar-refractivity contribution in [2.75, 3.05) is 14.2 Å². The van der Waals surface area contributed by atoms with Gasteiger partial charge in [-0.3, -0.25) is 9.59 Å². The number of methoxy groups -OCH3 is 2. The van der Waals surface area contributed by atoms with Crippen molar-refractivity contribution in [3.8, 4) is 0 Å². The fourth-order valence-electron chi connectivity index (χ4n) is 1.43. The van der Waals surface area contributed by atoms with E-state index in [9.17, 15) is 9.59 Å². The SMILES string of the molecule is C=C(CCCCCC(=O)OC)CCC(=O)OC. The molecule has 0 bridgehead atoms. The second-order valence-corrected chi connectivity index (χ2v) is 3.96. The van der Waals surface area contributed by atoms with E-state index in [4.69, 9.17) is 0 Å². The van der Waals surface area contributed by atoms with Gasteiger partial charge < -0.3 is 9.47 Å². The molecule has 0 aliphatic rings. The van der Waals surface area contributed by atoms with Crippen LogP contribution in [0, 0.1) is 0 Å². The van der Waals surface area contributed by atoms with E-state index in [0.29, 0.717) is 19.3 Å². The molecule has 0 saturated carbocycles.